The van der Waals surface area contributed by atoms with Crippen LogP contribution in [0.5, 0.6) is 0 Å². The number of halogens is 1. The molecule has 1 heterocycles. The molecule has 0 fully saturated rings. The number of hydrogen-bond donors (Lipinski definition) is 1. The Balaban J connectivity index is 2.58. The predicted molar refractivity (Wildman–Crippen MR) is 57.6 cm³/mol. The molecular weight excluding hydrogens is 206 g/mol. The van der Waals surface area contributed by atoms with Crippen LogP contribution < -0.4 is 5.32 Å². The van der Waals surface area contributed by atoms with Crippen LogP contribution in [0.1, 0.15) is 26.7 Å². The molecular formula is C8H14ClN3S. The van der Waals surface area contributed by atoms with Crippen LogP contribution in [0, 0.1) is 0 Å². The number of hydrogen-bond acceptors (Lipinski definition) is 4. The predicted octanol–water partition coefficient (Wildman–Crippen LogP) is 2.75. The van der Waals surface area contributed by atoms with Crippen LogP contribution in [0.3, 0.4) is 0 Å². The number of rotatable bonds is 5. The van der Waals surface area contributed by atoms with Gasteiger partial charge in [-0.1, -0.05) is 18.3 Å². The lowest BCUT2D eigenvalue weighted by Gasteiger charge is -2.28. The molecule has 0 aliphatic carbocycles. The van der Waals surface area contributed by atoms with Gasteiger partial charge in [-0.2, -0.15) is 0 Å². The van der Waals surface area contributed by atoms with E-state index in [1.54, 1.807) is 5.51 Å². The topological polar surface area (TPSA) is 37.8 Å². The first-order chi connectivity index (χ1) is 6.20. The molecule has 1 atom stereocenters. The molecule has 1 N–H and O–H groups in total. The van der Waals surface area contributed by atoms with E-state index in [-0.39, 0.29) is 5.54 Å². The Morgan fingerprint density at radius 1 is 1.69 bits per heavy atom. The van der Waals surface area contributed by atoms with Gasteiger partial charge in [0.05, 0.1) is 0 Å². The van der Waals surface area contributed by atoms with Gasteiger partial charge in [0.2, 0.25) is 5.13 Å². The summed E-state index contributed by atoms with van der Waals surface area (Å²) in [5.41, 5.74) is 1.76. The van der Waals surface area contributed by atoms with Crippen LogP contribution in [-0.4, -0.2) is 21.6 Å². The Hall–Kier alpha value is -0.350. The minimum atomic E-state index is 0.0429. The zero-order chi connectivity index (χ0) is 9.73. The maximum atomic E-state index is 5.73. The molecule has 5 heteroatoms. The Kier molecular flexibility index (Phi) is 3.93. The minimum Gasteiger partial charge on any atom is -0.355 e. The normalized spacial score (nSPS) is 15.3. The molecule has 3 nitrogen and oxygen atoms in total. The highest BCUT2D eigenvalue weighted by atomic mass is 35.5. The van der Waals surface area contributed by atoms with Gasteiger partial charge in [-0.25, -0.2) is 0 Å². The van der Waals surface area contributed by atoms with Gasteiger partial charge in [0.1, 0.15) is 5.51 Å². The number of nitrogens with one attached hydrogen (secondary N) is 1. The minimum absolute atomic E-state index is 0.0429. The van der Waals surface area contributed by atoms with Crippen LogP contribution in [0.15, 0.2) is 5.51 Å². The number of nitrogens with zero attached hydrogens (tertiary/aromatic N) is 2. The van der Waals surface area contributed by atoms with Crippen molar-refractivity contribution in [3.05, 3.63) is 5.51 Å². The van der Waals surface area contributed by atoms with Gasteiger partial charge in [0, 0.05) is 11.4 Å². The summed E-state index contributed by atoms with van der Waals surface area (Å²) in [4.78, 5) is 0. The van der Waals surface area contributed by atoms with Crippen molar-refractivity contribution >= 4 is 28.1 Å². The van der Waals surface area contributed by atoms with Gasteiger partial charge in [0.25, 0.3) is 0 Å². The Morgan fingerprint density at radius 3 is 2.92 bits per heavy atom. The summed E-state index contributed by atoms with van der Waals surface area (Å²) in [6, 6.07) is 0. The molecule has 0 bridgehead atoms. The summed E-state index contributed by atoms with van der Waals surface area (Å²) in [6.07, 6.45) is 1.96. The third-order valence-electron chi connectivity index (χ3n) is 2.20. The fourth-order valence-corrected chi connectivity index (χ4v) is 2.03. The first-order valence-corrected chi connectivity index (χ1v) is 5.72. The monoisotopic (exact) mass is 219 g/mol. The largest absolute Gasteiger partial charge is 0.355 e. The number of anilines is 1. The highest BCUT2D eigenvalue weighted by Crippen LogP contribution is 2.22. The fraction of sp³-hybridized carbons (Fsp3) is 0.750. The smallest absolute Gasteiger partial charge is 0.205 e. The summed E-state index contributed by atoms with van der Waals surface area (Å²) in [7, 11) is 0. The van der Waals surface area contributed by atoms with Gasteiger partial charge < -0.3 is 5.32 Å². The third kappa shape index (κ3) is 3.12. The maximum absolute atomic E-state index is 5.73. The molecule has 1 aromatic heterocycles. The van der Waals surface area contributed by atoms with Crippen LogP contribution in [0.2, 0.25) is 0 Å². The zero-order valence-electron chi connectivity index (χ0n) is 7.88. The molecule has 0 saturated carbocycles. The van der Waals surface area contributed by atoms with Crippen molar-refractivity contribution in [1.29, 1.82) is 0 Å². The molecule has 0 aliphatic heterocycles. The second-order valence-corrected chi connectivity index (χ2v) is 4.43. The zero-order valence-corrected chi connectivity index (χ0v) is 9.45. The maximum Gasteiger partial charge on any atom is 0.205 e. The molecule has 1 rings (SSSR count). The van der Waals surface area contributed by atoms with Crippen LogP contribution in [0.25, 0.3) is 0 Å². The van der Waals surface area contributed by atoms with Crippen LogP contribution >= 0.6 is 22.9 Å². The first-order valence-electron chi connectivity index (χ1n) is 4.30. The van der Waals surface area contributed by atoms with Crippen molar-refractivity contribution in [3.63, 3.8) is 0 Å². The second kappa shape index (κ2) is 4.77. The molecule has 0 spiro atoms. The lowest BCUT2D eigenvalue weighted by atomic mass is 9.96. The van der Waals surface area contributed by atoms with E-state index in [0.29, 0.717) is 5.88 Å². The van der Waals surface area contributed by atoms with E-state index in [1.807, 2.05) is 0 Å². The van der Waals surface area contributed by atoms with Crippen molar-refractivity contribution in [2.24, 2.45) is 0 Å². The van der Waals surface area contributed by atoms with Crippen molar-refractivity contribution in [2.45, 2.75) is 32.2 Å². The Morgan fingerprint density at radius 2 is 2.46 bits per heavy atom. The van der Waals surface area contributed by atoms with Gasteiger partial charge in [-0.3, -0.25) is 0 Å². The van der Waals surface area contributed by atoms with Gasteiger partial charge in [0.15, 0.2) is 0 Å². The molecule has 74 valence electrons. The molecule has 0 aliphatic rings. The van der Waals surface area contributed by atoms with E-state index in [4.69, 9.17) is 11.6 Å². The summed E-state index contributed by atoms with van der Waals surface area (Å²) >= 11 is 7.25. The van der Waals surface area contributed by atoms with Gasteiger partial charge in [-0.15, -0.1) is 21.8 Å². The van der Waals surface area contributed by atoms with Crippen molar-refractivity contribution in [1.82, 2.24) is 10.2 Å². The fourth-order valence-electron chi connectivity index (χ4n) is 1.02. The SMILES string of the molecule is CCC(C)(CCCl)Nc1nncs1. The number of aromatic nitrogens is 2. The number of alkyl halides is 1. The molecule has 0 saturated heterocycles. The highest BCUT2D eigenvalue weighted by molar-refractivity contribution is 7.13. The Labute approximate surface area is 87.5 Å². The van der Waals surface area contributed by atoms with E-state index in [0.717, 1.165) is 18.0 Å². The average molecular weight is 220 g/mol. The van der Waals surface area contributed by atoms with Crippen molar-refractivity contribution in [3.8, 4) is 0 Å². The van der Waals surface area contributed by atoms with E-state index in [1.165, 1.54) is 11.3 Å². The van der Waals surface area contributed by atoms with E-state index >= 15 is 0 Å². The lowest BCUT2D eigenvalue weighted by molar-refractivity contribution is 0.480. The van der Waals surface area contributed by atoms with E-state index in [9.17, 15) is 0 Å². The molecule has 1 unspecified atom stereocenters. The quantitative estimate of drug-likeness (QED) is 0.774. The summed E-state index contributed by atoms with van der Waals surface area (Å²) in [5, 5.41) is 11.9. The second-order valence-electron chi connectivity index (χ2n) is 3.22. The lowest BCUT2D eigenvalue weighted by Crippen LogP contribution is -2.34. The van der Waals surface area contributed by atoms with E-state index in [2.05, 4.69) is 29.4 Å². The van der Waals surface area contributed by atoms with Crippen molar-refractivity contribution < 1.29 is 0 Å². The van der Waals surface area contributed by atoms with Gasteiger partial charge in [-0.05, 0) is 19.8 Å². The molecule has 0 radical (unpaired) electrons. The van der Waals surface area contributed by atoms with Crippen molar-refractivity contribution in [2.75, 3.05) is 11.2 Å². The summed E-state index contributed by atoms with van der Waals surface area (Å²) < 4.78 is 0. The van der Waals surface area contributed by atoms with E-state index < -0.39 is 0 Å². The summed E-state index contributed by atoms with van der Waals surface area (Å²) in [6.45, 7) is 4.29. The average Bonchev–Trinajstić information content (AvgIpc) is 2.57. The summed E-state index contributed by atoms with van der Waals surface area (Å²) in [5.74, 6) is 0.663. The third-order valence-corrected chi connectivity index (χ3v) is 2.99. The molecule has 1 aromatic rings. The molecule has 0 aromatic carbocycles. The molecule has 0 amide bonds. The van der Waals surface area contributed by atoms with Gasteiger partial charge >= 0.3 is 0 Å². The molecule has 13 heavy (non-hydrogen) atoms. The van der Waals surface area contributed by atoms with Crippen LogP contribution in [-0.2, 0) is 0 Å². The highest BCUT2D eigenvalue weighted by Gasteiger charge is 2.21. The first kappa shape index (κ1) is 10.7. The standard InChI is InChI=1S/C8H14ClN3S/c1-3-8(2,4-5-9)11-7-12-10-6-13-7/h6H,3-5H2,1-2H3,(H,11,12). The van der Waals surface area contributed by atoms with Crippen LogP contribution in [0.4, 0.5) is 5.13 Å². The Bertz CT molecular complexity index is 240.